The predicted molar refractivity (Wildman–Crippen MR) is 101 cm³/mol. The third-order valence-corrected chi connectivity index (χ3v) is 5.45. The van der Waals surface area contributed by atoms with E-state index in [1.165, 1.54) is 33.2 Å². The molecule has 0 aliphatic rings. The van der Waals surface area contributed by atoms with Crippen LogP contribution >= 0.6 is 0 Å². The minimum atomic E-state index is -3.56. The third-order valence-electron chi connectivity index (χ3n) is 3.64. The molecule has 1 amide bonds. The highest BCUT2D eigenvalue weighted by Gasteiger charge is 2.17. The summed E-state index contributed by atoms with van der Waals surface area (Å²) < 4.78 is 25.4. The van der Waals surface area contributed by atoms with Gasteiger partial charge in [-0.3, -0.25) is 9.59 Å². The predicted octanol–water partition coefficient (Wildman–Crippen LogP) is 2.19. The Labute approximate surface area is 153 Å². The van der Waals surface area contributed by atoms with Gasteiger partial charge in [0.1, 0.15) is 0 Å². The molecule has 7 nitrogen and oxygen atoms in total. The standard InChI is InChI=1S/C18H21N3O4S/c1-13(22)14-7-9-15(10-8-14)19-12-18(23)20-16-5-4-6-17(11-16)26(24,25)21(2)3/h4-11,19H,12H2,1-3H3,(H,20,23). The molecule has 2 N–H and O–H groups in total. The Morgan fingerprint density at radius 2 is 1.65 bits per heavy atom. The average molecular weight is 375 g/mol. The molecule has 0 heterocycles. The monoisotopic (exact) mass is 375 g/mol. The summed E-state index contributed by atoms with van der Waals surface area (Å²) in [6.45, 7) is 1.49. The molecule has 0 saturated heterocycles. The zero-order valence-electron chi connectivity index (χ0n) is 14.8. The van der Waals surface area contributed by atoms with Gasteiger partial charge in [0.05, 0.1) is 11.4 Å². The molecule has 2 rings (SSSR count). The second-order valence-electron chi connectivity index (χ2n) is 5.85. The van der Waals surface area contributed by atoms with Crippen molar-refractivity contribution in [2.75, 3.05) is 31.3 Å². The fourth-order valence-electron chi connectivity index (χ4n) is 2.16. The van der Waals surface area contributed by atoms with Gasteiger partial charge in [0.2, 0.25) is 15.9 Å². The van der Waals surface area contributed by atoms with Crippen molar-refractivity contribution in [2.45, 2.75) is 11.8 Å². The van der Waals surface area contributed by atoms with Gasteiger partial charge in [-0.05, 0) is 49.4 Å². The van der Waals surface area contributed by atoms with E-state index in [4.69, 9.17) is 0 Å². The van der Waals surface area contributed by atoms with Gasteiger partial charge in [-0.2, -0.15) is 0 Å². The van der Waals surface area contributed by atoms with Crippen LogP contribution in [0.1, 0.15) is 17.3 Å². The van der Waals surface area contributed by atoms with Crippen LogP contribution in [-0.4, -0.2) is 45.1 Å². The number of anilines is 2. The number of sulfonamides is 1. The number of rotatable bonds is 7. The molecule has 0 aromatic heterocycles. The molecular formula is C18H21N3O4S. The zero-order chi connectivity index (χ0) is 19.3. The van der Waals surface area contributed by atoms with E-state index in [9.17, 15) is 18.0 Å². The Morgan fingerprint density at radius 1 is 1.00 bits per heavy atom. The van der Waals surface area contributed by atoms with Crippen LogP contribution in [-0.2, 0) is 14.8 Å². The minimum absolute atomic E-state index is 0.00404. The molecule has 0 bridgehead atoms. The van der Waals surface area contributed by atoms with Crippen LogP contribution in [0.3, 0.4) is 0 Å². The van der Waals surface area contributed by atoms with E-state index in [0.29, 0.717) is 16.9 Å². The molecule has 0 unspecified atom stereocenters. The number of hydrogen-bond donors (Lipinski definition) is 2. The number of ketones is 1. The molecule has 26 heavy (non-hydrogen) atoms. The van der Waals surface area contributed by atoms with Crippen LogP contribution < -0.4 is 10.6 Å². The molecule has 0 radical (unpaired) electrons. The number of nitrogens with zero attached hydrogens (tertiary/aromatic N) is 1. The Balaban J connectivity index is 1.99. The molecule has 0 aliphatic heterocycles. The van der Waals surface area contributed by atoms with Crippen molar-refractivity contribution < 1.29 is 18.0 Å². The van der Waals surface area contributed by atoms with Crippen LogP contribution in [0.2, 0.25) is 0 Å². The summed E-state index contributed by atoms with van der Waals surface area (Å²) in [5, 5.41) is 5.60. The van der Waals surface area contributed by atoms with Crippen molar-refractivity contribution in [3.8, 4) is 0 Å². The highest BCUT2D eigenvalue weighted by atomic mass is 32.2. The molecule has 2 aromatic carbocycles. The van der Waals surface area contributed by atoms with E-state index in [2.05, 4.69) is 10.6 Å². The molecule has 2 aromatic rings. The lowest BCUT2D eigenvalue weighted by Crippen LogP contribution is -2.23. The fourth-order valence-corrected chi connectivity index (χ4v) is 3.10. The Hall–Kier alpha value is -2.71. The number of hydrogen-bond acceptors (Lipinski definition) is 5. The fraction of sp³-hybridized carbons (Fsp3) is 0.222. The summed E-state index contributed by atoms with van der Waals surface area (Å²) >= 11 is 0. The van der Waals surface area contributed by atoms with Crippen LogP contribution in [0.4, 0.5) is 11.4 Å². The second-order valence-corrected chi connectivity index (χ2v) is 8.00. The van der Waals surface area contributed by atoms with Gasteiger partial charge in [-0.25, -0.2) is 12.7 Å². The number of carbonyl (C=O) groups is 2. The molecule has 8 heteroatoms. The lowest BCUT2D eigenvalue weighted by atomic mass is 10.1. The van der Waals surface area contributed by atoms with Crippen LogP contribution in [0.5, 0.6) is 0 Å². The lowest BCUT2D eigenvalue weighted by Gasteiger charge is -2.13. The maximum atomic E-state index is 12.1. The third kappa shape index (κ3) is 4.90. The van der Waals surface area contributed by atoms with Crippen molar-refractivity contribution in [1.82, 2.24) is 4.31 Å². The number of amides is 1. The molecule has 0 atom stereocenters. The van der Waals surface area contributed by atoms with Gasteiger partial charge in [-0.1, -0.05) is 6.07 Å². The van der Waals surface area contributed by atoms with Crippen molar-refractivity contribution in [3.05, 3.63) is 54.1 Å². The summed E-state index contributed by atoms with van der Waals surface area (Å²) in [6, 6.07) is 12.9. The molecule has 0 saturated carbocycles. The number of Topliss-reactive ketones (excluding diaryl/α,β-unsaturated/α-hetero) is 1. The van der Waals surface area contributed by atoms with Gasteiger partial charge >= 0.3 is 0 Å². The molecule has 0 aliphatic carbocycles. The first-order valence-corrected chi connectivity index (χ1v) is 9.31. The van der Waals surface area contributed by atoms with Crippen molar-refractivity contribution in [2.24, 2.45) is 0 Å². The SMILES string of the molecule is CC(=O)c1ccc(NCC(=O)Nc2cccc(S(=O)(=O)N(C)C)c2)cc1. The van der Waals surface area contributed by atoms with Crippen molar-refractivity contribution in [3.63, 3.8) is 0 Å². The highest BCUT2D eigenvalue weighted by Crippen LogP contribution is 2.18. The first-order chi connectivity index (χ1) is 12.2. The molecule has 0 fully saturated rings. The molecule has 0 spiro atoms. The van der Waals surface area contributed by atoms with Gasteiger partial charge in [0.25, 0.3) is 0 Å². The van der Waals surface area contributed by atoms with E-state index >= 15 is 0 Å². The van der Waals surface area contributed by atoms with E-state index in [1.807, 2.05) is 0 Å². The van der Waals surface area contributed by atoms with Gasteiger partial charge in [-0.15, -0.1) is 0 Å². The smallest absolute Gasteiger partial charge is 0.243 e. The normalized spacial score (nSPS) is 11.2. The van der Waals surface area contributed by atoms with E-state index in [0.717, 1.165) is 4.31 Å². The van der Waals surface area contributed by atoms with Crippen LogP contribution in [0.15, 0.2) is 53.4 Å². The van der Waals surface area contributed by atoms with Crippen LogP contribution in [0.25, 0.3) is 0 Å². The Kier molecular flexibility index (Phi) is 6.12. The topological polar surface area (TPSA) is 95.6 Å². The molecular weight excluding hydrogens is 354 g/mol. The van der Waals surface area contributed by atoms with Gasteiger partial charge in [0.15, 0.2) is 5.78 Å². The maximum Gasteiger partial charge on any atom is 0.243 e. The van der Waals surface area contributed by atoms with Gasteiger partial charge in [0, 0.05) is 31.0 Å². The second kappa shape index (κ2) is 8.11. The Bertz CT molecular complexity index is 906. The summed E-state index contributed by atoms with van der Waals surface area (Å²) in [7, 11) is -0.670. The number of carbonyl (C=O) groups excluding carboxylic acids is 2. The van der Waals surface area contributed by atoms with E-state index < -0.39 is 10.0 Å². The number of benzene rings is 2. The maximum absolute atomic E-state index is 12.1. The molecule has 138 valence electrons. The largest absolute Gasteiger partial charge is 0.376 e. The van der Waals surface area contributed by atoms with Crippen molar-refractivity contribution in [1.29, 1.82) is 0 Å². The van der Waals surface area contributed by atoms with E-state index in [-0.39, 0.29) is 23.1 Å². The first kappa shape index (κ1) is 19.6. The number of nitrogens with one attached hydrogen (secondary N) is 2. The van der Waals surface area contributed by atoms with Crippen LogP contribution in [0, 0.1) is 0 Å². The summed E-state index contributed by atoms with van der Waals surface area (Å²) in [5.74, 6) is -0.345. The summed E-state index contributed by atoms with van der Waals surface area (Å²) in [6.07, 6.45) is 0. The van der Waals surface area contributed by atoms with E-state index in [1.54, 1.807) is 36.4 Å². The van der Waals surface area contributed by atoms with Gasteiger partial charge < -0.3 is 10.6 Å². The minimum Gasteiger partial charge on any atom is -0.376 e. The summed E-state index contributed by atoms with van der Waals surface area (Å²) in [5.41, 5.74) is 1.69. The Morgan fingerprint density at radius 3 is 2.23 bits per heavy atom. The summed E-state index contributed by atoms with van der Waals surface area (Å²) in [4.78, 5) is 23.4. The highest BCUT2D eigenvalue weighted by molar-refractivity contribution is 7.89. The lowest BCUT2D eigenvalue weighted by molar-refractivity contribution is -0.114. The zero-order valence-corrected chi connectivity index (χ0v) is 15.6. The quantitative estimate of drug-likeness (QED) is 0.723. The van der Waals surface area contributed by atoms with Crippen molar-refractivity contribution >= 4 is 33.1 Å². The first-order valence-electron chi connectivity index (χ1n) is 7.87. The average Bonchev–Trinajstić information content (AvgIpc) is 2.60.